The third kappa shape index (κ3) is 47.8. The minimum absolute atomic E-state index is 0.0549. The molecule has 0 aliphatic carbocycles. The van der Waals surface area contributed by atoms with Crippen molar-refractivity contribution in [3.05, 3.63) is 24.3 Å². The maximum atomic E-state index is 12.7. The molecule has 0 aromatic carbocycles. The Bertz CT molecular complexity index is 1050. The maximum absolute atomic E-state index is 12.7. The first-order valence-corrected chi connectivity index (χ1v) is 27.3. The predicted octanol–water partition coefficient (Wildman–Crippen LogP) is 15.5. The van der Waals surface area contributed by atoms with Gasteiger partial charge in [-0.2, -0.15) is 0 Å². The van der Waals surface area contributed by atoms with E-state index in [2.05, 4.69) is 38.2 Å². The van der Waals surface area contributed by atoms with Crippen LogP contribution in [-0.2, 0) is 32.7 Å². The minimum Gasteiger partial charge on any atom is -0.462 e. The van der Waals surface area contributed by atoms with E-state index >= 15 is 0 Å². The standard InChI is InChI=1S/C51H98NO8P/c1-3-5-7-9-11-13-15-17-19-21-23-24-26-28-30-32-34-36-38-40-42-44-51(54)60-49(48-59-61(55,56)58-46-45-52)47-57-50(53)43-41-39-37-35-33-31-29-27-25-22-20-18-16-14-12-10-8-6-4-2/h12,14,18,20,49H,3-11,13,15-17,19,21-48,52H2,1-2H3,(H,55,56)/b14-12+,20-18+/t49-/m1/s1. The topological polar surface area (TPSA) is 134 Å². The normalized spacial score (nSPS) is 13.3. The van der Waals surface area contributed by atoms with E-state index in [0.29, 0.717) is 6.42 Å². The molecule has 1 unspecified atom stereocenters. The molecule has 9 nitrogen and oxygen atoms in total. The van der Waals surface area contributed by atoms with Crippen molar-refractivity contribution in [2.24, 2.45) is 5.73 Å². The summed E-state index contributed by atoms with van der Waals surface area (Å²) in [6.07, 6.45) is 53.5. The second-order valence-electron chi connectivity index (χ2n) is 17.4. The SMILES string of the molecule is CCCCC/C=C/C/C=C/CCCCCCCCCCCC(=O)OC[C@H](COP(=O)(O)OCCN)OC(=O)CCCCCCCCCCCCCCCCCCCCCCC. The quantitative estimate of drug-likeness (QED) is 0.0265. The smallest absolute Gasteiger partial charge is 0.462 e. The Morgan fingerprint density at radius 1 is 0.492 bits per heavy atom. The van der Waals surface area contributed by atoms with Crippen LogP contribution in [-0.4, -0.2) is 49.3 Å². The van der Waals surface area contributed by atoms with Gasteiger partial charge in [0.25, 0.3) is 0 Å². The zero-order valence-corrected chi connectivity index (χ0v) is 40.8. The zero-order valence-electron chi connectivity index (χ0n) is 39.9. The Morgan fingerprint density at radius 2 is 0.852 bits per heavy atom. The lowest BCUT2D eigenvalue weighted by Gasteiger charge is -2.19. The number of allylic oxidation sites excluding steroid dienone is 4. The summed E-state index contributed by atoms with van der Waals surface area (Å²) in [5, 5.41) is 0. The number of ether oxygens (including phenoxy) is 2. The predicted molar refractivity (Wildman–Crippen MR) is 257 cm³/mol. The molecule has 0 spiro atoms. The number of unbranched alkanes of at least 4 members (excludes halogenated alkanes) is 32. The molecule has 0 aromatic rings. The number of phosphoric acid groups is 1. The van der Waals surface area contributed by atoms with E-state index in [1.807, 2.05) is 0 Å². The van der Waals surface area contributed by atoms with Gasteiger partial charge in [-0.1, -0.05) is 224 Å². The second kappa shape index (κ2) is 48.0. The van der Waals surface area contributed by atoms with Gasteiger partial charge in [0.15, 0.2) is 6.10 Å². The molecule has 0 heterocycles. The Kier molecular flexibility index (Phi) is 46.8. The molecule has 2 atom stereocenters. The van der Waals surface area contributed by atoms with Crippen LogP contribution in [0.5, 0.6) is 0 Å². The van der Waals surface area contributed by atoms with Crippen molar-refractivity contribution in [2.45, 2.75) is 264 Å². The summed E-state index contributed by atoms with van der Waals surface area (Å²) >= 11 is 0. The van der Waals surface area contributed by atoms with Crippen LogP contribution in [0.4, 0.5) is 0 Å². The van der Waals surface area contributed by atoms with Gasteiger partial charge in [-0.05, 0) is 44.9 Å². The lowest BCUT2D eigenvalue weighted by molar-refractivity contribution is -0.161. The molecule has 0 aromatic heterocycles. The highest BCUT2D eigenvalue weighted by Crippen LogP contribution is 2.43. The Labute approximate surface area is 376 Å². The van der Waals surface area contributed by atoms with Crippen LogP contribution in [0, 0.1) is 0 Å². The number of carbonyl (C=O) groups excluding carboxylic acids is 2. The summed E-state index contributed by atoms with van der Waals surface area (Å²) in [6.45, 7) is 3.76. The lowest BCUT2D eigenvalue weighted by Crippen LogP contribution is -2.29. The molecule has 0 bridgehead atoms. The fraction of sp³-hybridized carbons (Fsp3) is 0.882. The molecule has 0 aliphatic rings. The largest absolute Gasteiger partial charge is 0.472 e. The minimum atomic E-state index is -4.38. The van der Waals surface area contributed by atoms with E-state index in [0.717, 1.165) is 38.5 Å². The molecule has 10 heteroatoms. The zero-order chi connectivity index (χ0) is 44.6. The van der Waals surface area contributed by atoms with Gasteiger partial charge < -0.3 is 20.1 Å². The van der Waals surface area contributed by atoms with Gasteiger partial charge in [0.2, 0.25) is 0 Å². The summed E-state index contributed by atoms with van der Waals surface area (Å²) in [4.78, 5) is 35.1. The van der Waals surface area contributed by atoms with Gasteiger partial charge in [-0.15, -0.1) is 0 Å². The lowest BCUT2D eigenvalue weighted by atomic mass is 10.0. The Balaban J connectivity index is 4.01. The third-order valence-electron chi connectivity index (χ3n) is 11.3. The molecule has 0 fully saturated rings. The first-order valence-electron chi connectivity index (χ1n) is 25.8. The van der Waals surface area contributed by atoms with Gasteiger partial charge in [0, 0.05) is 19.4 Å². The van der Waals surface area contributed by atoms with Crippen molar-refractivity contribution in [1.29, 1.82) is 0 Å². The van der Waals surface area contributed by atoms with Crippen LogP contribution in [0.3, 0.4) is 0 Å². The average molecular weight is 884 g/mol. The van der Waals surface area contributed by atoms with Crippen LogP contribution < -0.4 is 5.73 Å². The van der Waals surface area contributed by atoms with E-state index in [9.17, 15) is 19.0 Å². The third-order valence-corrected chi connectivity index (χ3v) is 12.3. The number of hydrogen-bond acceptors (Lipinski definition) is 8. The summed E-state index contributed by atoms with van der Waals surface area (Å²) < 4.78 is 32.9. The van der Waals surface area contributed by atoms with E-state index in [1.54, 1.807) is 0 Å². The van der Waals surface area contributed by atoms with Crippen LogP contribution in [0.15, 0.2) is 24.3 Å². The number of hydrogen-bond donors (Lipinski definition) is 2. The molecule has 3 N–H and O–H groups in total. The molecule has 0 aliphatic heterocycles. The molecule has 360 valence electrons. The first-order chi connectivity index (χ1) is 29.8. The van der Waals surface area contributed by atoms with Crippen LogP contribution >= 0.6 is 7.82 Å². The van der Waals surface area contributed by atoms with Gasteiger partial charge in [-0.3, -0.25) is 18.6 Å². The van der Waals surface area contributed by atoms with E-state index in [-0.39, 0.29) is 38.6 Å². The molecule has 61 heavy (non-hydrogen) atoms. The summed E-state index contributed by atoms with van der Waals surface area (Å²) in [5.41, 5.74) is 5.37. The van der Waals surface area contributed by atoms with Crippen molar-refractivity contribution >= 4 is 19.8 Å². The first kappa shape index (κ1) is 59.5. The highest BCUT2D eigenvalue weighted by atomic mass is 31.2. The highest BCUT2D eigenvalue weighted by Gasteiger charge is 2.26. The average Bonchev–Trinajstić information content (AvgIpc) is 3.25. The number of esters is 2. The van der Waals surface area contributed by atoms with Crippen LogP contribution in [0.25, 0.3) is 0 Å². The van der Waals surface area contributed by atoms with Gasteiger partial charge in [-0.25, -0.2) is 4.57 Å². The summed E-state index contributed by atoms with van der Waals surface area (Å²) in [5.74, 6) is -0.819. The Morgan fingerprint density at radius 3 is 1.28 bits per heavy atom. The van der Waals surface area contributed by atoms with Crippen molar-refractivity contribution in [1.82, 2.24) is 0 Å². The number of phosphoric ester groups is 1. The van der Waals surface area contributed by atoms with Gasteiger partial charge in [0.05, 0.1) is 13.2 Å². The van der Waals surface area contributed by atoms with Gasteiger partial charge >= 0.3 is 19.8 Å². The maximum Gasteiger partial charge on any atom is 0.472 e. The number of carbonyl (C=O) groups is 2. The van der Waals surface area contributed by atoms with Crippen molar-refractivity contribution < 1.29 is 37.6 Å². The van der Waals surface area contributed by atoms with Gasteiger partial charge in [0.1, 0.15) is 6.61 Å². The van der Waals surface area contributed by atoms with Crippen molar-refractivity contribution in [3.63, 3.8) is 0 Å². The molecule has 0 rings (SSSR count). The molecule has 0 saturated heterocycles. The molecule has 0 amide bonds. The summed E-state index contributed by atoms with van der Waals surface area (Å²) in [6, 6.07) is 0. The molecular weight excluding hydrogens is 786 g/mol. The molecule has 0 saturated carbocycles. The van der Waals surface area contributed by atoms with E-state index < -0.39 is 26.5 Å². The number of nitrogens with two attached hydrogens (primary N) is 1. The van der Waals surface area contributed by atoms with Crippen molar-refractivity contribution in [3.8, 4) is 0 Å². The van der Waals surface area contributed by atoms with Crippen molar-refractivity contribution in [2.75, 3.05) is 26.4 Å². The highest BCUT2D eigenvalue weighted by molar-refractivity contribution is 7.47. The van der Waals surface area contributed by atoms with E-state index in [4.69, 9.17) is 24.3 Å². The monoisotopic (exact) mass is 884 g/mol. The molecular formula is C51H98NO8P. The second-order valence-corrected chi connectivity index (χ2v) is 18.9. The number of rotatable bonds is 49. The van der Waals surface area contributed by atoms with Crippen LogP contribution in [0.1, 0.15) is 258 Å². The summed E-state index contributed by atoms with van der Waals surface area (Å²) in [7, 11) is -4.38. The fourth-order valence-corrected chi connectivity index (χ4v) is 8.26. The molecule has 0 radical (unpaired) electrons. The fourth-order valence-electron chi connectivity index (χ4n) is 7.49. The Hall–Kier alpha value is -1.51. The van der Waals surface area contributed by atoms with E-state index in [1.165, 1.54) is 186 Å². The van der Waals surface area contributed by atoms with Crippen LogP contribution in [0.2, 0.25) is 0 Å².